The summed E-state index contributed by atoms with van der Waals surface area (Å²) in [7, 11) is 0. The molecule has 0 aliphatic carbocycles. The van der Waals surface area contributed by atoms with Crippen LogP contribution in [0.5, 0.6) is 0 Å². The highest BCUT2D eigenvalue weighted by atomic mass is 35.5. The van der Waals surface area contributed by atoms with Gasteiger partial charge in [0, 0.05) is 35.7 Å². The standard InChI is InChI=1S/C14H20ClN3O4/c1-14(2,3)22-13(19)17-8-9(7-16)11-6-10(15)4-5-12(11)18(20)21/h4-6,9H,7-8,16H2,1-3H3,(H,17,19). The van der Waals surface area contributed by atoms with E-state index in [1.807, 2.05) is 0 Å². The Hall–Kier alpha value is -1.86. The molecule has 22 heavy (non-hydrogen) atoms. The number of carbonyl (C=O) groups excluding carboxylic acids is 1. The van der Waals surface area contributed by atoms with E-state index in [1.54, 1.807) is 20.8 Å². The third kappa shape index (κ3) is 5.50. The molecule has 3 N–H and O–H groups in total. The van der Waals surface area contributed by atoms with Crippen molar-refractivity contribution in [1.29, 1.82) is 0 Å². The van der Waals surface area contributed by atoms with Crippen molar-refractivity contribution in [3.05, 3.63) is 38.9 Å². The van der Waals surface area contributed by atoms with Crippen LogP contribution in [0.2, 0.25) is 5.02 Å². The van der Waals surface area contributed by atoms with Crippen molar-refractivity contribution < 1.29 is 14.5 Å². The van der Waals surface area contributed by atoms with Gasteiger partial charge in [0.05, 0.1) is 4.92 Å². The molecular weight excluding hydrogens is 310 g/mol. The lowest BCUT2D eigenvalue weighted by Gasteiger charge is -2.21. The molecule has 0 heterocycles. The van der Waals surface area contributed by atoms with Gasteiger partial charge < -0.3 is 15.8 Å². The maximum absolute atomic E-state index is 11.7. The van der Waals surface area contributed by atoms with E-state index in [1.165, 1.54) is 18.2 Å². The number of rotatable bonds is 5. The Balaban J connectivity index is 2.87. The molecule has 0 aliphatic rings. The predicted molar refractivity (Wildman–Crippen MR) is 84.1 cm³/mol. The van der Waals surface area contributed by atoms with Gasteiger partial charge in [0.15, 0.2) is 0 Å². The quantitative estimate of drug-likeness (QED) is 0.638. The third-order valence-electron chi connectivity index (χ3n) is 2.80. The normalized spacial score (nSPS) is 12.6. The van der Waals surface area contributed by atoms with E-state index in [0.29, 0.717) is 10.6 Å². The molecule has 0 spiro atoms. The highest BCUT2D eigenvalue weighted by molar-refractivity contribution is 6.30. The van der Waals surface area contributed by atoms with Crippen LogP contribution < -0.4 is 11.1 Å². The molecule has 122 valence electrons. The van der Waals surface area contributed by atoms with Crippen LogP contribution in [-0.2, 0) is 4.74 Å². The number of nitro benzene ring substituents is 1. The topological polar surface area (TPSA) is 107 Å². The number of nitrogens with one attached hydrogen (secondary N) is 1. The lowest BCUT2D eigenvalue weighted by atomic mass is 9.97. The molecule has 0 saturated carbocycles. The monoisotopic (exact) mass is 329 g/mol. The number of alkyl carbamates (subject to hydrolysis) is 1. The average molecular weight is 330 g/mol. The summed E-state index contributed by atoms with van der Waals surface area (Å²) < 4.78 is 5.12. The van der Waals surface area contributed by atoms with E-state index in [-0.39, 0.29) is 18.8 Å². The minimum absolute atomic E-state index is 0.0779. The van der Waals surface area contributed by atoms with Crippen LogP contribution in [0.4, 0.5) is 10.5 Å². The fourth-order valence-corrected chi connectivity index (χ4v) is 2.04. The molecule has 1 atom stereocenters. The van der Waals surface area contributed by atoms with E-state index < -0.39 is 22.5 Å². The minimum atomic E-state index is -0.621. The lowest BCUT2D eigenvalue weighted by molar-refractivity contribution is -0.385. The zero-order valence-corrected chi connectivity index (χ0v) is 13.5. The van der Waals surface area contributed by atoms with Gasteiger partial charge >= 0.3 is 6.09 Å². The summed E-state index contributed by atoms with van der Waals surface area (Å²) in [6.07, 6.45) is -0.601. The summed E-state index contributed by atoms with van der Waals surface area (Å²) >= 11 is 5.90. The molecule has 7 nitrogen and oxygen atoms in total. The van der Waals surface area contributed by atoms with Crippen LogP contribution in [-0.4, -0.2) is 29.7 Å². The molecule has 0 bridgehead atoms. The van der Waals surface area contributed by atoms with Gasteiger partial charge in [-0.3, -0.25) is 10.1 Å². The maximum atomic E-state index is 11.7. The number of halogens is 1. The van der Waals surface area contributed by atoms with Crippen molar-refractivity contribution in [1.82, 2.24) is 5.32 Å². The van der Waals surface area contributed by atoms with Crippen molar-refractivity contribution in [2.45, 2.75) is 32.3 Å². The van der Waals surface area contributed by atoms with Crippen molar-refractivity contribution in [3.63, 3.8) is 0 Å². The molecule has 1 rings (SSSR count). The number of benzene rings is 1. The largest absolute Gasteiger partial charge is 0.444 e. The van der Waals surface area contributed by atoms with Crippen LogP contribution in [0.3, 0.4) is 0 Å². The SMILES string of the molecule is CC(C)(C)OC(=O)NCC(CN)c1cc(Cl)ccc1[N+](=O)[O-]. The summed E-state index contributed by atoms with van der Waals surface area (Å²) in [6, 6.07) is 4.26. The van der Waals surface area contributed by atoms with E-state index in [0.717, 1.165) is 0 Å². The first-order chi connectivity index (χ1) is 10.1. The molecular formula is C14H20ClN3O4. The molecule has 0 radical (unpaired) electrons. The zero-order valence-electron chi connectivity index (χ0n) is 12.8. The Morgan fingerprint density at radius 1 is 1.50 bits per heavy atom. The van der Waals surface area contributed by atoms with E-state index in [9.17, 15) is 14.9 Å². The fourth-order valence-electron chi connectivity index (χ4n) is 1.86. The number of hydrogen-bond donors (Lipinski definition) is 2. The van der Waals surface area contributed by atoms with Crippen molar-refractivity contribution in [2.24, 2.45) is 5.73 Å². The summed E-state index contributed by atoms with van der Waals surface area (Å²) in [5.41, 5.74) is 5.37. The summed E-state index contributed by atoms with van der Waals surface area (Å²) in [6.45, 7) is 5.47. The highest BCUT2D eigenvalue weighted by Gasteiger charge is 2.23. The second-order valence-electron chi connectivity index (χ2n) is 5.78. The Labute approximate surface area is 133 Å². The summed E-state index contributed by atoms with van der Waals surface area (Å²) in [5.74, 6) is -0.438. The Kier molecular flexibility index (Phi) is 6.13. The van der Waals surface area contributed by atoms with E-state index >= 15 is 0 Å². The van der Waals surface area contributed by atoms with Gasteiger partial charge in [-0.1, -0.05) is 11.6 Å². The van der Waals surface area contributed by atoms with Crippen LogP contribution in [0, 0.1) is 10.1 Å². The number of carbonyl (C=O) groups is 1. The van der Waals surface area contributed by atoms with Crippen molar-refractivity contribution in [2.75, 3.05) is 13.1 Å². The first-order valence-electron chi connectivity index (χ1n) is 6.75. The van der Waals surface area contributed by atoms with Crippen LogP contribution in [0.25, 0.3) is 0 Å². The number of nitro groups is 1. The Morgan fingerprint density at radius 2 is 2.14 bits per heavy atom. The molecule has 1 amide bonds. The van der Waals surface area contributed by atoms with E-state index in [2.05, 4.69) is 5.32 Å². The van der Waals surface area contributed by atoms with Gasteiger partial charge in [-0.2, -0.15) is 0 Å². The van der Waals surface area contributed by atoms with Gasteiger partial charge in [-0.05, 0) is 32.9 Å². The van der Waals surface area contributed by atoms with Crippen molar-refractivity contribution >= 4 is 23.4 Å². The predicted octanol–water partition coefficient (Wildman–Crippen LogP) is 2.82. The lowest BCUT2D eigenvalue weighted by Crippen LogP contribution is -2.36. The second-order valence-corrected chi connectivity index (χ2v) is 6.21. The first-order valence-corrected chi connectivity index (χ1v) is 7.12. The molecule has 1 unspecified atom stereocenters. The number of ether oxygens (including phenoxy) is 1. The number of nitrogens with two attached hydrogens (primary N) is 1. The maximum Gasteiger partial charge on any atom is 0.407 e. The summed E-state index contributed by atoms with van der Waals surface area (Å²) in [4.78, 5) is 22.3. The summed E-state index contributed by atoms with van der Waals surface area (Å²) in [5, 5.41) is 14.0. The third-order valence-corrected chi connectivity index (χ3v) is 3.04. The Bertz CT molecular complexity index is 558. The molecule has 0 aliphatic heterocycles. The van der Waals surface area contributed by atoms with Gasteiger partial charge in [0.2, 0.25) is 0 Å². The molecule has 1 aromatic rings. The second kappa shape index (κ2) is 7.42. The smallest absolute Gasteiger partial charge is 0.407 e. The van der Waals surface area contributed by atoms with Crippen LogP contribution in [0.15, 0.2) is 18.2 Å². The molecule has 1 aromatic carbocycles. The minimum Gasteiger partial charge on any atom is -0.444 e. The Morgan fingerprint density at radius 3 is 2.64 bits per heavy atom. The number of hydrogen-bond acceptors (Lipinski definition) is 5. The average Bonchev–Trinajstić information content (AvgIpc) is 2.37. The van der Waals surface area contributed by atoms with Gasteiger partial charge in [-0.25, -0.2) is 4.79 Å². The first kappa shape index (κ1) is 18.2. The molecule has 0 aromatic heterocycles. The van der Waals surface area contributed by atoms with Gasteiger partial charge in [0.1, 0.15) is 5.60 Å². The number of amides is 1. The highest BCUT2D eigenvalue weighted by Crippen LogP contribution is 2.28. The van der Waals surface area contributed by atoms with Gasteiger partial charge in [0.25, 0.3) is 5.69 Å². The van der Waals surface area contributed by atoms with E-state index in [4.69, 9.17) is 22.1 Å². The van der Waals surface area contributed by atoms with Crippen LogP contribution in [0.1, 0.15) is 32.3 Å². The van der Waals surface area contributed by atoms with Crippen LogP contribution >= 0.6 is 11.6 Å². The number of nitrogens with zero attached hydrogens (tertiary/aromatic N) is 1. The van der Waals surface area contributed by atoms with Crippen molar-refractivity contribution in [3.8, 4) is 0 Å². The van der Waals surface area contributed by atoms with Gasteiger partial charge in [-0.15, -0.1) is 0 Å². The molecule has 0 fully saturated rings. The molecule has 0 saturated heterocycles. The molecule has 8 heteroatoms. The fraction of sp³-hybridized carbons (Fsp3) is 0.500. The zero-order chi connectivity index (χ0) is 16.9.